The van der Waals surface area contributed by atoms with Crippen LogP contribution in [-0.4, -0.2) is 33.8 Å². The smallest absolute Gasteiger partial charge is 0.0638 e. The number of nitrogens with zero attached hydrogens (tertiary/aromatic N) is 3. The fraction of sp³-hybridized carbons (Fsp3) is 0.769. The van der Waals surface area contributed by atoms with Gasteiger partial charge in [-0.05, 0) is 40.2 Å². The molecule has 1 aromatic rings. The van der Waals surface area contributed by atoms with Crippen molar-refractivity contribution in [1.29, 1.82) is 0 Å². The number of halogens is 1. The summed E-state index contributed by atoms with van der Waals surface area (Å²) in [5.41, 5.74) is 8.50. The number of likely N-dealkylation sites (tertiary alicyclic amines) is 1. The Morgan fingerprint density at radius 1 is 1.50 bits per heavy atom. The van der Waals surface area contributed by atoms with Crippen LogP contribution >= 0.6 is 12.4 Å². The van der Waals surface area contributed by atoms with E-state index in [1.54, 1.807) is 0 Å². The Hall–Kier alpha value is -0.580. The van der Waals surface area contributed by atoms with Crippen molar-refractivity contribution in [3.05, 3.63) is 17.5 Å². The largest absolute Gasteiger partial charge is 0.327 e. The molecule has 0 unspecified atom stereocenters. The Labute approximate surface area is 116 Å². The van der Waals surface area contributed by atoms with Gasteiger partial charge in [0.15, 0.2) is 0 Å². The second kappa shape index (κ2) is 6.55. The van der Waals surface area contributed by atoms with Crippen LogP contribution in [0.4, 0.5) is 0 Å². The lowest BCUT2D eigenvalue weighted by atomic mass is 10.1. The van der Waals surface area contributed by atoms with Gasteiger partial charge in [-0.1, -0.05) is 0 Å². The van der Waals surface area contributed by atoms with Crippen LogP contribution in [0.3, 0.4) is 0 Å². The Morgan fingerprint density at radius 2 is 2.22 bits per heavy atom. The number of aromatic nitrogens is 2. The lowest BCUT2D eigenvalue weighted by Crippen LogP contribution is -2.42. The molecule has 2 rings (SSSR count). The average molecular weight is 273 g/mol. The average Bonchev–Trinajstić information content (AvgIpc) is 2.61. The van der Waals surface area contributed by atoms with Crippen LogP contribution in [-0.2, 0) is 6.54 Å². The highest BCUT2D eigenvalue weighted by molar-refractivity contribution is 5.85. The molecule has 1 fully saturated rings. The molecule has 1 aromatic heterocycles. The van der Waals surface area contributed by atoms with Gasteiger partial charge in [0, 0.05) is 36.9 Å². The number of nitrogens with two attached hydrogens (primary N) is 1. The highest BCUT2D eigenvalue weighted by atomic mass is 35.5. The number of piperidine rings is 1. The minimum Gasteiger partial charge on any atom is -0.327 e. The zero-order chi connectivity index (χ0) is 12.4. The van der Waals surface area contributed by atoms with Crippen LogP contribution in [0.25, 0.3) is 0 Å². The molecule has 2 N–H and O–H groups in total. The fourth-order valence-electron chi connectivity index (χ4n) is 2.41. The van der Waals surface area contributed by atoms with Gasteiger partial charge in [-0.2, -0.15) is 5.10 Å². The second-order valence-corrected chi connectivity index (χ2v) is 5.45. The third-order valence-corrected chi connectivity index (χ3v) is 3.48. The Bertz CT molecular complexity index is 375. The summed E-state index contributed by atoms with van der Waals surface area (Å²) < 4.78 is 2.05. The molecule has 2 heterocycles. The summed E-state index contributed by atoms with van der Waals surface area (Å²) in [6, 6.07) is 0.787. The summed E-state index contributed by atoms with van der Waals surface area (Å²) in [4.78, 5) is 2.45. The van der Waals surface area contributed by atoms with E-state index in [-0.39, 0.29) is 12.4 Å². The van der Waals surface area contributed by atoms with Crippen molar-refractivity contribution in [2.45, 2.75) is 52.2 Å². The van der Waals surface area contributed by atoms with Crippen molar-refractivity contribution < 1.29 is 0 Å². The van der Waals surface area contributed by atoms with Crippen molar-refractivity contribution >= 4 is 12.4 Å². The van der Waals surface area contributed by atoms with Gasteiger partial charge in [-0.15, -0.1) is 12.4 Å². The maximum atomic E-state index is 6.01. The first-order valence-corrected chi connectivity index (χ1v) is 6.59. The highest BCUT2D eigenvalue weighted by Gasteiger charge is 2.18. The summed E-state index contributed by atoms with van der Waals surface area (Å²) in [6.45, 7) is 9.59. The molecular formula is C13H25ClN4. The van der Waals surface area contributed by atoms with Crippen LogP contribution in [0.5, 0.6) is 0 Å². The van der Waals surface area contributed by atoms with Gasteiger partial charge in [0.1, 0.15) is 0 Å². The van der Waals surface area contributed by atoms with E-state index in [4.69, 9.17) is 5.73 Å². The van der Waals surface area contributed by atoms with Crippen molar-refractivity contribution in [3.8, 4) is 0 Å². The molecule has 0 radical (unpaired) electrons. The topological polar surface area (TPSA) is 47.1 Å². The normalized spacial score (nSPS) is 21.1. The molecular weight excluding hydrogens is 248 g/mol. The highest BCUT2D eigenvalue weighted by Crippen LogP contribution is 2.16. The summed E-state index contributed by atoms with van der Waals surface area (Å²) >= 11 is 0. The van der Waals surface area contributed by atoms with Crippen LogP contribution in [0, 0.1) is 6.92 Å². The molecule has 18 heavy (non-hydrogen) atoms. The molecule has 0 saturated carbocycles. The van der Waals surface area contributed by atoms with Crippen LogP contribution < -0.4 is 5.73 Å². The molecule has 0 aliphatic carbocycles. The fourth-order valence-corrected chi connectivity index (χ4v) is 2.41. The maximum Gasteiger partial charge on any atom is 0.0638 e. The van der Waals surface area contributed by atoms with E-state index in [1.165, 1.54) is 24.9 Å². The Kier molecular flexibility index (Phi) is 5.63. The molecule has 1 aliphatic heterocycles. The molecule has 1 aliphatic rings. The Morgan fingerprint density at radius 3 is 2.78 bits per heavy atom. The van der Waals surface area contributed by atoms with Crippen LogP contribution in [0.1, 0.15) is 44.0 Å². The van der Waals surface area contributed by atoms with Crippen molar-refractivity contribution in [1.82, 2.24) is 14.7 Å². The predicted molar refractivity (Wildman–Crippen MR) is 77.1 cm³/mol. The molecule has 0 spiro atoms. The third-order valence-electron chi connectivity index (χ3n) is 3.48. The van der Waals surface area contributed by atoms with Gasteiger partial charge in [-0.25, -0.2) is 0 Å². The van der Waals surface area contributed by atoms with Gasteiger partial charge >= 0.3 is 0 Å². The molecule has 1 atom stereocenters. The van der Waals surface area contributed by atoms with E-state index in [0.717, 1.165) is 18.8 Å². The van der Waals surface area contributed by atoms with E-state index in [9.17, 15) is 0 Å². The molecule has 0 amide bonds. The molecule has 0 aromatic carbocycles. The lowest BCUT2D eigenvalue weighted by Gasteiger charge is -2.30. The summed E-state index contributed by atoms with van der Waals surface area (Å²) in [7, 11) is 0. The first kappa shape index (κ1) is 15.5. The molecule has 1 saturated heterocycles. The van der Waals surface area contributed by atoms with E-state index in [0.29, 0.717) is 12.1 Å². The van der Waals surface area contributed by atoms with Gasteiger partial charge < -0.3 is 5.73 Å². The van der Waals surface area contributed by atoms with Gasteiger partial charge in [-0.3, -0.25) is 9.58 Å². The predicted octanol–water partition coefficient (Wildman–Crippen LogP) is 2.12. The SMILES string of the molecule is Cc1nn(C(C)C)cc1CN1CCC[C@@H](N)C1.Cl. The summed E-state index contributed by atoms with van der Waals surface area (Å²) in [5.74, 6) is 0. The zero-order valence-electron chi connectivity index (χ0n) is 11.6. The van der Waals surface area contributed by atoms with Gasteiger partial charge in [0.2, 0.25) is 0 Å². The van der Waals surface area contributed by atoms with Crippen molar-refractivity contribution in [2.75, 3.05) is 13.1 Å². The van der Waals surface area contributed by atoms with E-state index in [1.807, 2.05) is 0 Å². The minimum atomic E-state index is 0. The monoisotopic (exact) mass is 272 g/mol. The number of hydrogen-bond donors (Lipinski definition) is 1. The van der Waals surface area contributed by atoms with E-state index in [2.05, 4.69) is 41.6 Å². The molecule has 5 heteroatoms. The number of rotatable bonds is 3. The Balaban J connectivity index is 0.00000162. The van der Waals surface area contributed by atoms with Crippen molar-refractivity contribution in [2.24, 2.45) is 5.73 Å². The van der Waals surface area contributed by atoms with E-state index < -0.39 is 0 Å². The molecule has 4 nitrogen and oxygen atoms in total. The second-order valence-electron chi connectivity index (χ2n) is 5.45. The summed E-state index contributed by atoms with van der Waals surface area (Å²) in [5, 5.41) is 4.55. The first-order chi connectivity index (χ1) is 8.06. The number of hydrogen-bond acceptors (Lipinski definition) is 3. The first-order valence-electron chi connectivity index (χ1n) is 6.59. The van der Waals surface area contributed by atoms with Crippen LogP contribution in [0.15, 0.2) is 6.20 Å². The standard InChI is InChI=1S/C13H24N4.ClH/c1-10(2)17-8-12(11(3)15-17)7-16-6-4-5-13(14)9-16;/h8,10,13H,4-7,9,14H2,1-3H3;1H/t13-;/m1./s1. The molecule has 104 valence electrons. The van der Waals surface area contributed by atoms with E-state index >= 15 is 0 Å². The summed E-state index contributed by atoms with van der Waals surface area (Å²) in [6.07, 6.45) is 4.57. The maximum absolute atomic E-state index is 6.01. The lowest BCUT2D eigenvalue weighted by molar-refractivity contribution is 0.201. The molecule has 0 bridgehead atoms. The van der Waals surface area contributed by atoms with Gasteiger partial charge in [0.25, 0.3) is 0 Å². The van der Waals surface area contributed by atoms with Crippen molar-refractivity contribution in [3.63, 3.8) is 0 Å². The quantitative estimate of drug-likeness (QED) is 0.917. The number of aryl methyl sites for hydroxylation is 1. The third kappa shape index (κ3) is 3.70. The minimum absolute atomic E-state index is 0. The van der Waals surface area contributed by atoms with Crippen LogP contribution in [0.2, 0.25) is 0 Å². The van der Waals surface area contributed by atoms with Gasteiger partial charge in [0.05, 0.1) is 5.69 Å². The zero-order valence-corrected chi connectivity index (χ0v) is 12.4.